The van der Waals surface area contributed by atoms with Crippen LogP contribution < -0.4 is 10.9 Å². The molecule has 1 aromatic carbocycles. The summed E-state index contributed by atoms with van der Waals surface area (Å²) in [6.07, 6.45) is 2.39. The van der Waals surface area contributed by atoms with Crippen LogP contribution in [0.5, 0.6) is 0 Å². The number of nitrogens with zero attached hydrogens (tertiary/aromatic N) is 1. The van der Waals surface area contributed by atoms with Gasteiger partial charge in [-0.05, 0) is 62.4 Å². The summed E-state index contributed by atoms with van der Waals surface area (Å²) in [5.74, 6) is -1.98. The van der Waals surface area contributed by atoms with E-state index in [1.165, 1.54) is 6.07 Å². The molecule has 0 radical (unpaired) electrons. The molecule has 1 aliphatic heterocycles. The number of carboxylic acid groups (broad SMARTS) is 1. The van der Waals surface area contributed by atoms with E-state index in [4.69, 9.17) is 0 Å². The highest BCUT2D eigenvalue weighted by atomic mass is 79.9. The number of likely N-dealkylation sites (tertiary alicyclic amines) is 1. The number of nitrogens with one attached hydrogen (secondary N) is 3. The number of aromatic amines is 1. The Kier molecular flexibility index (Phi) is 7.38. The molecule has 1 aliphatic rings. The predicted molar refractivity (Wildman–Crippen MR) is 136 cm³/mol. The number of H-pyrrole nitrogens is 1. The van der Waals surface area contributed by atoms with Gasteiger partial charge in [-0.3, -0.25) is 10.2 Å². The minimum atomic E-state index is -4.50. The summed E-state index contributed by atoms with van der Waals surface area (Å²) in [5, 5.41) is 10.7. The molecule has 3 aromatic rings. The second-order valence-electron chi connectivity index (χ2n) is 8.05. The van der Waals surface area contributed by atoms with Crippen molar-refractivity contribution in [1.29, 1.82) is 0 Å². The molecule has 0 spiro atoms. The minimum absolute atomic E-state index is 0.00101. The van der Waals surface area contributed by atoms with E-state index >= 15 is 0 Å². The molecule has 3 heterocycles. The van der Waals surface area contributed by atoms with Gasteiger partial charge >= 0.3 is 22.0 Å². The van der Waals surface area contributed by atoms with Crippen molar-refractivity contribution in [3.8, 4) is 0 Å². The van der Waals surface area contributed by atoms with Gasteiger partial charge in [-0.15, -0.1) is 15.2 Å². The molecule has 0 unspecified atom stereocenters. The van der Waals surface area contributed by atoms with Gasteiger partial charge in [-0.1, -0.05) is 18.2 Å². The topological polar surface area (TPSA) is 145 Å². The highest BCUT2D eigenvalue weighted by Crippen LogP contribution is 2.41. The first-order valence-electron chi connectivity index (χ1n) is 10.5. The van der Waals surface area contributed by atoms with Gasteiger partial charge in [-0.2, -0.15) is 8.42 Å². The number of quaternary nitrogens is 1. The molecule has 2 atom stereocenters. The Hall–Kier alpha value is -2.26. The summed E-state index contributed by atoms with van der Waals surface area (Å²) in [6.45, 7) is -0.239. The number of amides is 3. The number of carbonyl (C=O) groups is 3. The van der Waals surface area contributed by atoms with Gasteiger partial charge in [0.2, 0.25) is 11.9 Å². The number of para-hydroxylation sites is 1. The van der Waals surface area contributed by atoms with Crippen LogP contribution in [0, 0.1) is 0 Å². The lowest BCUT2D eigenvalue weighted by Crippen LogP contribution is -2.70. The van der Waals surface area contributed by atoms with E-state index in [1.54, 1.807) is 6.20 Å². The number of piperidine rings is 1. The third-order valence-corrected chi connectivity index (χ3v) is 12.0. The zero-order chi connectivity index (χ0) is 25.4. The van der Waals surface area contributed by atoms with Crippen LogP contribution in [-0.2, 0) is 26.0 Å². The van der Waals surface area contributed by atoms with Crippen LogP contribution in [0.2, 0.25) is 0 Å². The van der Waals surface area contributed by atoms with Crippen molar-refractivity contribution in [2.75, 3.05) is 6.54 Å². The number of rotatable bonds is 5. The van der Waals surface area contributed by atoms with Crippen molar-refractivity contribution in [2.45, 2.75) is 35.9 Å². The third-order valence-electron chi connectivity index (χ3n) is 5.99. The number of hydrogen-bond donors (Lipinski definition) is 4. The highest BCUT2D eigenvalue weighted by molar-refractivity contribution is 9.13. The van der Waals surface area contributed by atoms with Crippen molar-refractivity contribution in [3.05, 3.63) is 50.4 Å². The molecule has 0 saturated carbocycles. The third kappa shape index (κ3) is 4.65. The van der Waals surface area contributed by atoms with E-state index in [1.807, 2.05) is 24.3 Å². The number of hydrogen-bond acceptors (Lipinski definition) is 6. The smallest absolute Gasteiger partial charge is 0.451 e. The zero-order valence-electron chi connectivity index (χ0n) is 18.1. The molecule has 2 aromatic heterocycles. The first-order valence-corrected chi connectivity index (χ1v) is 14.4. The van der Waals surface area contributed by atoms with E-state index in [0.29, 0.717) is 26.7 Å². The molecule has 35 heavy (non-hydrogen) atoms. The van der Waals surface area contributed by atoms with Gasteiger partial charge in [0.15, 0.2) is 4.21 Å². The average molecular weight is 649 g/mol. The summed E-state index contributed by atoms with van der Waals surface area (Å²) in [6, 6.07) is 6.09. The fourth-order valence-corrected chi connectivity index (χ4v) is 9.38. The molecule has 0 aliphatic carbocycles. The summed E-state index contributed by atoms with van der Waals surface area (Å²) in [7, 11) is -4.50. The van der Waals surface area contributed by atoms with Gasteiger partial charge in [0.25, 0.3) is 0 Å². The quantitative estimate of drug-likeness (QED) is 0.244. The SMILES string of the molecule is O=C(Cc1c[nH]c2ccccc12)NNC(=O)[N@+]1(S(=O)(=O)c2cc(Br)c(Br)s2)CCCC[C@H]1C(=O)O. The zero-order valence-corrected chi connectivity index (χ0v) is 22.9. The van der Waals surface area contributed by atoms with Crippen molar-refractivity contribution < 1.29 is 31.8 Å². The number of urea groups is 1. The maximum atomic E-state index is 13.8. The Labute approximate surface area is 221 Å². The van der Waals surface area contributed by atoms with E-state index in [2.05, 4.69) is 47.7 Å². The Bertz CT molecular complexity index is 1400. The first-order chi connectivity index (χ1) is 16.6. The summed E-state index contributed by atoms with van der Waals surface area (Å²) in [4.78, 5) is 41.2. The number of thiophene rings is 1. The lowest BCUT2D eigenvalue weighted by Gasteiger charge is -2.40. The summed E-state index contributed by atoms with van der Waals surface area (Å²) >= 11 is 7.37. The molecule has 14 heteroatoms. The van der Waals surface area contributed by atoms with Crippen molar-refractivity contribution >= 4 is 82.0 Å². The minimum Gasteiger partial charge on any atom is -0.477 e. The molecule has 4 N–H and O–H groups in total. The van der Waals surface area contributed by atoms with E-state index in [9.17, 15) is 27.9 Å². The van der Waals surface area contributed by atoms with Gasteiger partial charge in [0.05, 0.1) is 10.2 Å². The Morgan fingerprint density at radius 3 is 2.60 bits per heavy atom. The van der Waals surface area contributed by atoms with Crippen LogP contribution in [-0.4, -0.2) is 52.9 Å². The molecule has 1 fully saturated rings. The lowest BCUT2D eigenvalue weighted by atomic mass is 10.0. The molecule has 1 saturated heterocycles. The van der Waals surface area contributed by atoms with E-state index in [0.717, 1.165) is 22.2 Å². The Morgan fingerprint density at radius 1 is 1.17 bits per heavy atom. The molecule has 3 amide bonds. The molecule has 4 rings (SSSR count). The summed E-state index contributed by atoms with van der Waals surface area (Å²) < 4.78 is 27.0. The Morgan fingerprint density at radius 2 is 1.91 bits per heavy atom. The van der Waals surface area contributed by atoms with E-state index < -0.39 is 37.9 Å². The van der Waals surface area contributed by atoms with Gasteiger partial charge in [-0.25, -0.2) is 15.0 Å². The van der Waals surface area contributed by atoms with Gasteiger partial charge in [0.1, 0.15) is 6.54 Å². The van der Waals surface area contributed by atoms with Crippen molar-refractivity contribution in [1.82, 2.24) is 15.8 Å². The van der Waals surface area contributed by atoms with Gasteiger partial charge in [0, 0.05) is 28.0 Å². The van der Waals surface area contributed by atoms with Crippen LogP contribution in [0.3, 0.4) is 0 Å². The molecule has 0 bridgehead atoms. The number of fused-ring (bicyclic) bond motifs is 1. The maximum Gasteiger partial charge on any atom is 0.451 e. The van der Waals surface area contributed by atoms with Crippen LogP contribution >= 0.6 is 43.2 Å². The number of sulfonamides is 1. The van der Waals surface area contributed by atoms with Crippen molar-refractivity contribution in [2.24, 2.45) is 0 Å². The first kappa shape index (κ1) is 25.8. The number of aromatic nitrogens is 1. The maximum absolute atomic E-state index is 13.8. The largest absolute Gasteiger partial charge is 0.477 e. The normalized spacial score (nSPS) is 20.5. The standard InChI is InChI=1S/C21H20Br2N4O6S2/c22-14-10-18(34-19(14)23)35(32,33)27(8-4-3-7-16(27)20(29)30)21(31)26-25-17(28)9-12-11-24-15-6-2-1-5-13(12)15/h1-2,5-6,10-11,16,24H,3-4,7-9H2,(H2-,25,26,28,29,30,31)/p+1/t16-,27-/m0/s1. The van der Waals surface area contributed by atoms with Crippen LogP contribution in [0.15, 0.2) is 49.0 Å². The molecule has 10 nitrogen and oxygen atoms in total. The predicted octanol–water partition coefficient (Wildman–Crippen LogP) is 3.88. The number of carbonyl (C=O) groups excluding carboxylic acids is 2. The second kappa shape index (κ2) is 10.0. The average Bonchev–Trinajstić information content (AvgIpc) is 3.40. The molecule has 186 valence electrons. The number of hydrazine groups is 1. The lowest BCUT2D eigenvalue weighted by molar-refractivity contribution is -0.749. The summed E-state index contributed by atoms with van der Waals surface area (Å²) in [5.41, 5.74) is 6.01. The molecular weight excluding hydrogens is 628 g/mol. The Balaban J connectivity index is 1.61. The van der Waals surface area contributed by atoms with E-state index in [-0.39, 0.29) is 23.6 Å². The number of carboxylic acids is 1. The fourth-order valence-electron chi connectivity index (χ4n) is 4.32. The number of aliphatic carboxylic acids is 1. The molecular formula is C21H21Br2N4O6S2+. The number of halogens is 2. The van der Waals surface area contributed by atoms with Crippen LogP contribution in [0.1, 0.15) is 24.8 Å². The highest BCUT2D eigenvalue weighted by Gasteiger charge is 2.60. The van der Waals surface area contributed by atoms with Gasteiger partial charge < -0.3 is 10.1 Å². The van der Waals surface area contributed by atoms with Crippen LogP contribution in [0.25, 0.3) is 10.9 Å². The second-order valence-corrected chi connectivity index (χ2v) is 13.6. The number of benzene rings is 1. The van der Waals surface area contributed by atoms with Crippen LogP contribution in [0.4, 0.5) is 4.79 Å². The fraction of sp³-hybridized carbons (Fsp3) is 0.286. The monoisotopic (exact) mass is 647 g/mol. The van der Waals surface area contributed by atoms with Crippen molar-refractivity contribution in [3.63, 3.8) is 0 Å².